The number of rotatable bonds is 5. The van der Waals surface area contributed by atoms with Crippen LogP contribution in [0, 0.1) is 5.92 Å². The fraction of sp³-hybridized carbons (Fsp3) is 0.429. The first-order valence-corrected chi connectivity index (χ1v) is 6.59. The van der Waals surface area contributed by atoms with E-state index in [-0.39, 0.29) is 0 Å². The van der Waals surface area contributed by atoms with Gasteiger partial charge < -0.3 is 5.32 Å². The lowest BCUT2D eigenvalue weighted by Crippen LogP contribution is -2.27. The zero-order valence-electron chi connectivity index (χ0n) is 10.4. The molecule has 1 aromatic heterocycles. The van der Waals surface area contributed by atoms with Gasteiger partial charge in [-0.2, -0.15) is 15.4 Å². The summed E-state index contributed by atoms with van der Waals surface area (Å²) < 4.78 is 0. The molecule has 3 rings (SSSR count). The fourth-order valence-corrected chi connectivity index (χ4v) is 2.29. The molecule has 0 unspecified atom stereocenters. The van der Waals surface area contributed by atoms with E-state index in [0.29, 0.717) is 0 Å². The maximum atomic E-state index is 4.24. The molecule has 1 aliphatic carbocycles. The second-order valence-corrected chi connectivity index (χ2v) is 4.91. The summed E-state index contributed by atoms with van der Waals surface area (Å²) in [4.78, 5) is 0. The van der Waals surface area contributed by atoms with Gasteiger partial charge in [0.2, 0.25) is 0 Å². The van der Waals surface area contributed by atoms with Crippen molar-refractivity contribution >= 4 is 0 Å². The first kappa shape index (κ1) is 11.4. The van der Waals surface area contributed by atoms with Gasteiger partial charge in [-0.15, -0.1) is 0 Å². The molecule has 1 saturated carbocycles. The Morgan fingerprint density at radius 2 is 2.00 bits per heavy atom. The van der Waals surface area contributed by atoms with Gasteiger partial charge in [0.05, 0.1) is 0 Å². The van der Waals surface area contributed by atoms with E-state index < -0.39 is 0 Å². The number of aromatic amines is 1. The minimum Gasteiger partial charge on any atom is -0.311 e. The van der Waals surface area contributed by atoms with Crippen molar-refractivity contribution in [2.45, 2.75) is 25.8 Å². The highest BCUT2D eigenvalue weighted by Gasteiger charge is 2.17. The second kappa shape index (κ2) is 5.31. The third-order valence-electron chi connectivity index (χ3n) is 3.62. The number of H-pyrrole nitrogens is 1. The smallest absolute Gasteiger partial charge is 0.117 e. The van der Waals surface area contributed by atoms with E-state index in [1.807, 2.05) is 18.2 Å². The molecule has 0 spiro atoms. The van der Waals surface area contributed by atoms with E-state index in [2.05, 4.69) is 32.9 Å². The lowest BCUT2D eigenvalue weighted by molar-refractivity contribution is 0.301. The average Bonchev–Trinajstić information content (AvgIpc) is 2.82. The van der Waals surface area contributed by atoms with Crippen LogP contribution in [-0.4, -0.2) is 22.0 Å². The number of aromatic nitrogens is 3. The van der Waals surface area contributed by atoms with Crippen LogP contribution >= 0.6 is 0 Å². The average molecular weight is 242 g/mol. The van der Waals surface area contributed by atoms with Gasteiger partial charge in [-0.05, 0) is 25.3 Å². The number of nitrogens with zero attached hydrogens (tertiary/aromatic N) is 2. The number of nitrogens with one attached hydrogen (secondary N) is 2. The van der Waals surface area contributed by atoms with Crippen molar-refractivity contribution in [2.24, 2.45) is 5.92 Å². The second-order valence-electron chi connectivity index (χ2n) is 4.91. The summed E-state index contributed by atoms with van der Waals surface area (Å²) in [7, 11) is 0. The first-order chi connectivity index (χ1) is 8.93. The molecule has 4 heteroatoms. The Bertz CT molecular complexity index is 488. The van der Waals surface area contributed by atoms with Crippen LogP contribution in [0.25, 0.3) is 11.3 Å². The van der Waals surface area contributed by atoms with E-state index in [1.54, 1.807) is 0 Å². The number of hydrogen-bond acceptors (Lipinski definition) is 3. The summed E-state index contributed by atoms with van der Waals surface area (Å²) >= 11 is 0. The molecule has 0 amide bonds. The molecule has 1 aliphatic rings. The first-order valence-electron chi connectivity index (χ1n) is 6.59. The Labute approximate surface area is 107 Å². The Balaban J connectivity index is 1.64. The predicted molar refractivity (Wildman–Crippen MR) is 70.9 cm³/mol. The molecule has 2 N–H and O–H groups in total. The number of benzene rings is 1. The highest BCUT2D eigenvalue weighted by atomic mass is 15.3. The van der Waals surface area contributed by atoms with Gasteiger partial charge >= 0.3 is 0 Å². The van der Waals surface area contributed by atoms with Crippen LogP contribution < -0.4 is 5.32 Å². The fourth-order valence-electron chi connectivity index (χ4n) is 2.29. The van der Waals surface area contributed by atoms with E-state index in [4.69, 9.17) is 0 Å². The summed E-state index contributed by atoms with van der Waals surface area (Å²) in [6.45, 7) is 1.89. The highest BCUT2D eigenvalue weighted by molar-refractivity contribution is 5.60. The third kappa shape index (κ3) is 2.43. The molecule has 0 radical (unpaired) electrons. The van der Waals surface area contributed by atoms with Crippen LogP contribution in [0.1, 0.15) is 25.0 Å². The molecule has 0 saturated heterocycles. The molecule has 94 valence electrons. The zero-order chi connectivity index (χ0) is 12.2. The van der Waals surface area contributed by atoms with Gasteiger partial charge in [0.15, 0.2) is 0 Å². The van der Waals surface area contributed by atoms with Crippen LogP contribution in [-0.2, 0) is 6.54 Å². The summed E-state index contributed by atoms with van der Waals surface area (Å²) in [5.74, 6) is 0.872. The molecular formula is C14H18N4. The van der Waals surface area contributed by atoms with Gasteiger partial charge in [-0.3, -0.25) is 0 Å². The monoisotopic (exact) mass is 242 g/mol. The van der Waals surface area contributed by atoms with Crippen molar-refractivity contribution in [3.8, 4) is 11.3 Å². The lowest BCUT2D eigenvalue weighted by Gasteiger charge is -2.25. The quantitative estimate of drug-likeness (QED) is 0.846. The minimum absolute atomic E-state index is 0.789. The molecule has 1 aromatic carbocycles. The van der Waals surface area contributed by atoms with Crippen LogP contribution in [0.3, 0.4) is 0 Å². The molecular weight excluding hydrogens is 224 g/mol. The van der Waals surface area contributed by atoms with Gasteiger partial charge in [-0.1, -0.05) is 36.8 Å². The SMILES string of the molecule is c1ccc(-c2n[nH]nc2CNCC2CCC2)cc1. The van der Waals surface area contributed by atoms with Crippen molar-refractivity contribution in [3.05, 3.63) is 36.0 Å². The molecule has 18 heavy (non-hydrogen) atoms. The molecule has 0 atom stereocenters. The standard InChI is InChI=1S/C14H18N4/c1-2-7-12(8-3-1)14-13(16-18-17-14)10-15-9-11-5-4-6-11/h1-3,7-8,11,15H,4-6,9-10H2,(H,16,17,18). The van der Waals surface area contributed by atoms with Crippen LogP contribution in [0.15, 0.2) is 30.3 Å². The summed E-state index contributed by atoms with van der Waals surface area (Å²) in [6, 6.07) is 10.2. The minimum atomic E-state index is 0.789. The predicted octanol–water partition coefficient (Wildman–Crippen LogP) is 2.36. The van der Waals surface area contributed by atoms with Crippen LogP contribution in [0.4, 0.5) is 0 Å². The van der Waals surface area contributed by atoms with Gasteiger partial charge in [-0.25, -0.2) is 0 Å². The Kier molecular flexibility index (Phi) is 3.37. The number of hydrogen-bond donors (Lipinski definition) is 2. The molecule has 0 bridgehead atoms. The lowest BCUT2D eigenvalue weighted by atomic mass is 9.85. The van der Waals surface area contributed by atoms with Crippen molar-refractivity contribution in [1.82, 2.24) is 20.7 Å². The van der Waals surface area contributed by atoms with Gasteiger partial charge in [0, 0.05) is 12.1 Å². The largest absolute Gasteiger partial charge is 0.311 e. The Morgan fingerprint density at radius 1 is 1.17 bits per heavy atom. The molecule has 1 heterocycles. The Hall–Kier alpha value is -1.68. The molecule has 1 fully saturated rings. The van der Waals surface area contributed by atoms with Crippen LogP contribution in [0.2, 0.25) is 0 Å². The molecule has 4 nitrogen and oxygen atoms in total. The summed E-state index contributed by atoms with van der Waals surface area (Å²) in [5, 5.41) is 14.7. The van der Waals surface area contributed by atoms with E-state index in [9.17, 15) is 0 Å². The Morgan fingerprint density at radius 3 is 2.72 bits per heavy atom. The van der Waals surface area contributed by atoms with Crippen molar-refractivity contribution in [2.75, 3.05) is 6.54 Å². The van der Waals surface area contributed by atoms with Crippen molar-refractivity contribution in [1.29, 1.82) is 0 Å². The zero-order valence-corrected chi connectivity index (χ0v) is 10.4. The van der Waals surface area contributed by atoms with E-state index >= 15 is 0 Å². The van der Waals surface area contributed by atoms with Gasteiger partial charge in [0.25, 0.3) is 0 Å². The van der Waals surface area contributed by atoms with E-state index in [1.165, 1.54) is 19.3 Å². The molecule has 0 aliphatic heterocycles. The summed E-state index contributed by atoms with van der Waals surface area (Å²) in [6.07, 6.45) is 4.14. The van der Waals surface area contributed by atoms with E-state index in [0.717, 1.165) is 36.0 Å². The van der Waals surface area contributed by atoms with Crippen LogP contribution in [0.5, 0.6) is 0 Å². The maximum absolute atomic E-state index is 4.24. The van der Waals surface area contributed by atoms with Gasteiger partial charge in [0.1, 0.15) is 11.4 Å². The maximum Gasteiger partial charge on any atom is 0.117 e. The summed E-state index contributed by atoms with van der Waals surface area (Å²) in [5.41, 5.74) is 3.07. The highest BCUT2D eigenvalue weighted by Crippen LogP contribution is 2.25. The van der Waals surface area contributed by atoms with Crippen molar-refractivity contribution < 1.29 is 0 Å². The topological polar surface area (TPSA) is 53.6 Å². The third-order valence-corrected chi connectivity index (χ3v) is 3.62. The normalized spacial score (nSPS) is 15.6. The van der Waals surface area contributed by atoms with Crippen molar-refractivity contribution in [3.63, 3.8) is 0 Å². The molecule has 2 aromatic rings.